The lowest BCUT2D eigenvalue weighted by atomic mass is 10.1. The first-order chi connectivity index (χ1) is 12.3. The van der Waals surface area contributed by atoms with Crippen LogP contribution in [0.1, 0.15) is 11.3 Å². The van der Waals surface area contributed by atoms with E-state index in [1.165, 1.54) is 6.33 Å². The van der Waals surface area contributed by atoms with Crippen LogP contribution in [0.5, 0.6) is 0 Å². The van der Waals surface area contributed by atoms with Gasteiger partial charge in [-0.1, -0.05) is 12.1 Å². The third kappa shape index (κ3) is 4.35. The number of aliphatic hydroxyl groups is 1. The number of aliphatic hydroxyl groups excluding tert-OH is 1. The number of aromatic nitrogens is 3. The minimum atomic E-state index is -5.08. The van der Waals surface area contributed by atoms with Gasteiger partial charge in [-0.25, -0.2) is 14.8 Å². The zero-order chi connectivity index (χ0) is 19.3. The average molecular weight is 368 g/mol. The van der Waals surface area contributed by atoms with Crippen LogP contribution in [-0.4, -0.2) is 36.9 Å². The van der Waals surface area contributed by atoms with Gasteiger partial charge in [0.15, 0.2) is 0 Å². The zero-order valence-corrected chi connectivity index (χ0v) is 13.3. The van der Waals surface area contributed by atoms with Crippen LogP contribution in [0.25, 0.3) is 16.7 Å². The first-order valence-corrected chi connectivity index (χ1v) is 7.29. The molecule has 4 N–H and O–H groups in total. The Labute approximate surface area is 145 Å². The number of carboxylic acids is 1. The molecule has 1 aromatic carbocycles. The number of hydrogen-bond acceptors (Lipinski definition) is 5. The van der Waals surface area contributed by atoms with Crippen LogP contribution in [0.3, 0.4) is 0 Å². The van der Waals surface area contributed by atoms with Crippen molar-refractivity contribution in [2.24, 2.45) is 5.73 Å². The number of hydrogen-bond donors (Lipinski definition) is 3. The van der Waals surface area contributed by atoms with E-state index in [1.54, 1.807) is 0 Å². The van der Waals surface area contributed by atoms with Crippen LogP contribution in [-0.2, 0) is 17.9 Å². The summed E-state index contributed by atoms with van der Waals surface area (Å²) in [4.78, 5) is 17.3. The van der Waals surface area contributed by atoms with Gasteiger partial charge in [-0.2, -0.15) is 13.2 Å². The molecule has 0 radical (unpaired) electrons. The fourth-order valence-corrected chi connectivity index (χ4v) is 2.20. The molecule has 0 aliphatic heterocycles. The predicted molar refractivity (Wildman–Crippen MR) is 86.4 cm³/mol. The summed E-state index contributed by atoms with van der Waals surface area (Å²) in [6, 6.07) is 9.68. The van der Waals surface area contributed by atoms with Crippen molar-refractivity contribution in [1.82, 2.24) is 14.5 Å². The molecule has 0 spiro atoms. The summed E-state index contributed by atoms with van der Waals surface area (Å²) in [7, 11) is 0. The molecule has 3 aromatic rings. The number of rotatable bonds is 3. The molecule has 0 fully saturated rings. The van der Waals surface area contributed by atoms with Gasteiger partial charge >= 0.3 is 12.1 Å². The van der Waals surface area contributed by atoms with E-state index in [4.69, 9.17) is 15.6 Å². The molecule has 2 aromatic heterocycles. The number of nitrogens with zero attached hydrogens (tertiary/aromatic N) is 3. The van der Waals surface area contributed by atoms with Crippen molar-refractivity contribution < 1.29 is 28.2 Å². The van der Waals surface area contributed by atoms with Crippen molar-refractivity contribution in [1.29, 1.82) is 0 Å². The van der Waals surface area contributed by atoms with Gasteiger partial charge in [-0.05, 0) is 17.7 Å². The van der Waals surface area contributed by atoms with Crippen LogP contribution in [0, 0.1) is 0 Å². The standard InChI is InChI=1S/C14H14N4O.C2HF3O2/c15-7-11-6-14(17-9-16-11)18-5-4-12-10(8-19)2-1-3-13(12)18;3-2(4,5)1(6)7/h1-6,9,19H,7-8,15H2;(H,6,7). The fourth-order valence-electron chi connectivity index (χ4n) is 2.20. The Bertz CT molecular complexity index is 909. The van der Waals surface area contributed by atoms with Crippen molar-refractivity contribution in [2.45, 2.75) is 19.3 Å². The van der Waals surface area contributed by atoms with Crippen LogP contribution in [0.15, 0.2) is 42.9 Å². The second-order valence-corrected chi connectivity index (χ2v) is 5.07. The van der Waals surface area contributed by atoms with E-state index in [2.05, 4.69) is 9.97 Å². The van der Waals surface area contributed by atoms with Gasteiger partial charge in [0, 0.05) is 24.2 Å². The molecule has 0 bridgehead atoms. The molecule has 138 valence electrons. The number of carbonyl (C=O) groups is 1. The maximum Gasteiger partial charge on any atom is 0.490 e. The van der Waals surface area contributed by atoms with Gasteiger partial charge < -0.3 is 20.5 Å². The van der Waals surface area contributed by atoms with E-state index in [0.717, 1.165) is 28.0 Å². The smallest absolute Gasteiger partial charge is 0.475 e. The largest absolute Gasteiger partial charge is 0.490 e. The Morgan fingerprint density at radius 2 is 1.92 bits per heavy atom. The van der Waals surface area contributed by atoms with Crippen molar-refractivity contribution in [3.05, 3.63) is 54.1 Å². The second kappa shape index (κ2) is 7.93. The summed E-state index contributed by atoms with van der Waals surface area (Å²) in [5.41, 5.74) is 8.31. The van der Waals surface area contributed by atoms with Crippen molar-refractivity contribution in [2.75, 3.05) is 0 Å². The highest BCUT2D eigenvalue weighted by Crippen LogP contribution is 2.23. The molecule has 2 heterocycles. The van der Waals surface area contributed by atoms with E-state index in [-0.39, 0.29) is 6.61 Å². The monoisotopic (exact) mass is 368 g/mol. The summed E-state index contributed by atoms with van der Waals surface area (Å²) in [6.07, 6.45) is -1.63. The number of aliphatic carboxylic acids is 1. The number of benzene rings is 1. The molecular formula is C16H15F3N4O3. The number of halogens is 3. The summed E-state index contributed by atoms with van der Waals surface area (Å²) in [5, 5.41) is 17.5. The molecule has 0 saturated heterocycles. The summed E-state index contributed by atoms with van der Waals surface area (Å²) < 4.78 is 33.7. The molecule has 0 saturated carbocycles. The topological polar surface area (TPSA) is 114 Å². The Hall–Kier alpha value is -2.98. The molecule has 10 heteroatoms. The lowest BCUT2D eigenvalue weighted by Gasteiger charge is -2.06. The van der Waals surface area contributed by atoms with Crippen LogP contribution in [0.2, 0.25) is 0 Å². The van der Waals surface area contributed by atoms with Crippen molar-refractivity contribution in [3.63, 3.8) is 0 Å². The minimum absolute atomic E-state index is 0.0270. The van der Waals surface area contributed by atoms with E-state index in [1.807, 2.05) is 41.1 Å². The summed E-state index contributed by atoms with van der Waals surface area (Å²) >= 11 is 0. The van der Waals surface area contributed by atoms with Crippen LogP contribution in [0.4, 0.5) is 13.2 Å². The van der Waals surface area contributed by atoms with E-state index >= 15 is 0 Å². The van der Waals surface area contributed by atoms with Gasteiger partial charge in [0.25, 0.3) is 0 Å². The molecule has 3 rings (SSSR count). The lowest BCUT2D eigenvalue weighted by Crippen LogP contribution is -2.21. The highest BCUT2D eigenvalue weighted by molar-refractivity contribution is 5.85. The lowest BCUT2D eigenvalue weighted by molar-refractivity contribution is -0.192. The predicted octanol–water partition coefficient (Wildman–Crippen LogP) is 2.00. The Balaban J connectivity index is 0.000000298. The highest BCUT2D eigenvalue weighted by atomic mass is 19.4. The zero-order valence-electron chi connectivity index (χ0n) is 13.3. The third-order valence-electron chi connectivity index (χ3n) is 3.40. The van der Waals surface area contributed by atoms with Crippen molar-refractivity contribution in [3.8, 4) is 5.82 Å². The van der Waals surface area contributed by atoms with E-state index in [9.17, 15) is 18.3 Å². The molecule has 0 aliphatic rings. The first kappa shape index (κ1) is 19.3. The van der Waals surface area contributed by atoms with Gasteiger partial charge in [-0.15, -0.1) is 0 Å². The minimum Gasteiger partial charge on any atom is -0.475 e. The Morgan fingerprint density at radius 1 is 1.23 bits per heavy atom. The summed E-state index contributed by atoms with van der Waals surface area (Å²) in [6.45, 7) is 0.412. The first-order valence-electron chi connectivity index (χ1n) is 7.29. The molecule has 26 heavy (non-hydrogen) atoms. The number of fused-ring (bicyclic) bond motifs is 1. The summed E-state index contributed by atoms with van der Waals surface area (Å²) in [5.74, 6) is -1.98. The molecule has 0 unspecified atom stereocenters. The van der Waals surface area contributed by atoms with Crippen LogP contribution >= 0.6 is 0 Å². The molecule has 0 amide bonds. The normalized spacial score (nSPS) is 11.1. The average Bonchev–Trinajstić information content (AvgIpc) is 3.05. The maximum atomic E-state index is 10.6. The fraction of sp³-hybridized carbons (Fsp3) is 0.188. The quantitative estimate of drug-likeness (QED) is 0.652. The van der Waals surface area contributed by atoms with Gasteiger partial charge in [0.1, 0.15) is 12.1 Å². The maximum absolute atomic E-state index is 10.6. The third-order valence-corrected chi connectivity index (χ3v) is 3.40. The molecular weight excluding hydrogens is 353 g/mol. The molecule has 0 atom stereocenters. The van der Waals surface area contributed by atoms with Gasteiger partial charge in [0.05, 0.1) is 17.8 Å². The molecule has 7 nitrogen and oxygen atoms in total. The highest BCUT2D eigenvalue weighted by Gasteiger charge is 2.38. The number of nitrogens with two attached hydrogens (primary N) is 1. The number of alkyl halides is 3. The Morgan fingerprint density at radius 3 is 2.50 bits per heavy atom. The van der Waals surface area contributed by atoms with Gasteiger partial charge in [-0.3, -0.25) is 0 Å². The SMILES string of the molecule is NCc1cc(-n2ccc3c(CO)cccc32)ncn1.O=C(O)C(F)(F)F. The van der Waals surface area contributed by atoms with E-state index < -0.39 is 12.1 Å². The number of carboxylic acid groups (broad SMARTS) is 1. The van der Waals surface area contributed by atoms with Crippen LogP contribution < -0.4 is 5.73 Å². The molecule has 0 aliphatic carbocycles. The second-order valence-electron chi connectivity index (χ2n) is 5.07. The van der Waals surface area contributed by atoms with E-state index in [0.29, 0.717) is 6.54 Å². The Kier molecular flexibility index (Phi) is 5.90. The van der Waals surface area contributed by atoms with Crippen molar-refractivity contribution >= 4 is 16.9 Å². The van der Waals surface area contributed by atoms with Gasteiger partial charge in [0.2, 0.25) is 0 Å².